The summed E-state index contributed by atoms with van der Waals surface area (Å²) in [7, 11) is 0. The van der Waals surface area contributed by atoms with Crippen LogP contribution in [0.1, 0.15) is 23.1 Å². The van der Waals surface area contributed by atoms with Crippen LogP contribution in [0.4, 0.5) is 13.2 Å². The molecule has 0 bridgehead atoms. The van der Waals surface area contributed by atoms with E-state index in [1.54, 1.807) is 22.6 Å². The van der Waals surface area contributed by atoms with Crippen molar-refractivity contribution in [2.75, 3.05) is 6.61 Å². The first-order valence-corrected chi connectivity index (χ1v) is 6.18. The third-order valence-electron chi connectivity index (χ3n) is 1.90. The van der Waals surface area contributed by atoms with Gasteiger partial charge in [-0.05, 0) is 35.6 Å². The highest BCUT2D eigenvalue weighted by molar-refractivity contribution is 14.1. The third-order valence-corrected chi connectivity index (χ3v) is 2.84. The van der Waals surface area contributed by atoms with Crippen molar-refractivity contribution < 1.29 is 27.4 Å². The Morgan fingerprint density at radius 3 is 2.63 bits per heavy atom. The fourth-order valence-corrected chi connectivity index (χ4v) is 1.83. The average molecular weight is 390 g/mol. The molecule has 0 aromatic carbocycles. The van der Waals surface area contributed by atoms with Crippen molar-refractivity contribution in [3.63, 3.8) is 0 Å². The lowest BCUT2D eigenvalue weighted by Gasteiger charge is -2.13. The fraction of sp³-hybridized carbons (Fsp3) is 0.400. The maximum Gasteiger partial charge on any atom is 0.573 e. The van der Waals surface area contributed by atoms with Crippen molar-refractivity contribution in [3.8, 4) is 5.75 Å². The van der Waals surface area contributed by atoms with Crippen LogP contribution in [0.2, 0.25) is 0 Å². The first-order valence-electron chi connectivity index (χ1n) is 5.10. The molecule has 1 aromatic heterocycles. The average Bonchev–Trinajstić information content (AvgIpc) is 2.27. The second-order valence-corrected chi connectivity index (χ2v) is 4.40. The fourth-order valence-electron chi connectivity index (χ4n) is 1.20. The summed E-state index contributed by atoms with van der Waals surface area (Å²) in [6, 6.07) is 1.05. The van der Waals surface area contributed by atoms with Gasteiger partial charge in [-0.25, -0.2) is 9.78 Å². The first-order chi connectivity index (χ1) is 8.78. The molecule has 0 aliphatic carbocycles. The number of halogens is 4. The Balaban J connectivity index is 3.26. The number of carbonyl (C=O) groups is 1. The maximum atomic E-state index is 12.3. The molecule has 2 N–H and O–H groups in total. The molecule has 0 atom stereocenters. The van der Waals surface area contributed by atoms with E-state index in [4.69, 9.17) is 5.73 Å². The molecule has 0 fully saturated rings. The zero-order chi connectivity index (χ0) is 14.6. The van der Waals surface area contributed by atoms with Gasteiger partial charge in [0.2, 0.25) is 0 Å². The van der Waals surface area contributed by atoms with Crippen LogP contribution in [0.5, 0.6) is 5.75 Å². The van der Waals surface area contributed by atoms with E-state index >= 15 is 0 Å². The monoisotopic (exact) mass is 390 g/mol. The first kappa shape index (κ1) is 16.0. The van der Waals surface area contributed by atoms with Crippen molar-refractivity contribution in [1.29, 1.82) is 0 Å². The van der Waals surface area contributed by atoms with E-state index in [0.717, 1.165) is 6.07 Å². The van der Waals surface area contributed by atoms with Crippen molar-refractivity contribution in [2.24, 2.45) is 5.73 Å². The molecule has 0 unspecified atom stereocenters. The van der Waals surface area contributed by atoms with E-state index in [1.165, 1.54) is 6.92 Å². The number of rotatable bonds is 4. The smallest absolute Gasteiger partial charge is 0.461 e. The molecular weight excluding hydrogens is 380 g/mol. The number of nitrogens with zero attached hydrogens (tertiary/aromatic N) is 1. The van der Waals surface area contributed by atoms with Crippen LogP contribution in [0, 0.1) is 3.57 Å². The number of hydrogen-bond acceptors (Lipinski definition) is 5. The Labute approximate surface area is 120 Å². The van der Waals surface area contributed by atoms with Gasteiger partial charge < -0.3 is 15.2 Å². The van der Waals surface area contributed by atoms with Gasteiger partial charge in [0.15, 0.2) is 11.4 Å². The quantitative estimate of drug-likeness (QED) is 0.631. The Hall–Kier alpha value is -1.10. The van der Waals surface area contributed by atoms with E-state index in [1.807, 2.05) is 0 Å². The van der Waals surface area contributed by atoms with Crippen LogP contribution in [-0.2, 0) is 11.3 Å². The summed E-state index contributed by atoms with van der Waals surface area (Å²) in [6.07, 6.45) is -4.92. The number of nitrogens with two attached hydrogens (primary N) is 1. The van der Waals surface area contributed by atoms with Crippen molar-refractivity contribution >= 4 is 28.6 Å². The molecule has 1 heterocycles. The highest BCUT2D eigenvalue weighted by atomic mass is 127. The molecule has 0 saturated carbocycles. The van der Waals surface area contributed by atoms with Crippen LogP contribution < -0.4 is 10.5 Å². The van der Waals surface area contributed by atoms with Crippen molar-refractivity contribution in [2.45, 2.75) is 19.8 Å². The Kier molecular flexibility index (Phi) is 5.35. The Morgan fingerprint density at radius 2 is 2.16 bits per heavy atom. The molecule has 0 amide bonds. The minimum absolute atomic E-state index is 0.00984. The van der Waals surface area contributed by atoms with Gasteiger partial charge in [-0.15, -0.1) is 13.2 Å². The number of ether oxygens (including phenoxy) is 2. The number of aromatic nitrogens is 1. The zero-order valence-electron chi connectivity index (χ0n) is 9.75. The summed E-state index contributed by atoms with van der Waals surface area (Å²) >= 11 is 1.76. The third kappa shape index (κ3) is 4.49. The normalized spacial score (nSPS) is 11.3. The van der Waals surface area contributed by atoms with E-state index in [0.29, 0.717) is 3.57 Å². The summed E-state index contributed by atoms with van der Waals surface area (Å²) in [6.45, 7) is 1.52. The highest BCUT2D eigenvalue weighted by Gasteiger charge is 2.34. The number of carbonyl (C=O) groups excluding carboxylic acids is 1. The SMILES string of the molecule is CCOC(=O)c1nc(CN)c(I)cc1OC(F)(F)F. The highest BCUT2D eigenvalue weighted by Crippen LogP contribution is 2.28. The molecule has 1 aromatic rings. The van der Waals surface area contributed by atoms with Crippen LogP contribution in [0.3, 0.4) is 0 Å². The number of alkyl halides is 3. The zero-order valence-corrected chi connectivity index (χ0v) is 11.9. The maximum absolute atomic E-state index is 12.3. The second-order valence-electron chi connectivity index (χ2n) is 3.24. The van der Waals surface area contributed by atoms with Gasteiger partial charge in [-0.2, -0.15) is 0 Å². The summed E-state index contributed by atoms with van der Waals surface area (Å²) in [5.74, 6) is -1.69. The number of pyridine rings is 1. The van der Waals surface area contributed by atoms with Gasteiger partial charge >= 0.3 is 12.3 Å². The largest absolute Gasteiger partial charge is 0.573 e. The molecule has 9 heteroatoms. The molecule has 0 aliphatic heterocycles. The number of esters is 1. The molecule has 0 saturated heterocycles. The van der Waals surface area contributed by atoms with Crippen molar-refractivity contribution in [1.82, 2.24) is 4.98 Å². The molecule has 0 radical (unpaired) electrons. The van der Waals surface area contributed by atoms with Gasteiger partial charge in [-0.1, -0.05) is 0 Å². The molecule has 0 aliphatic rings. The van der Waals surface area contributed by atoms with Crippen LogP contribution in [0.15, 0.2) is 6.07 Å². The van der Waals surface area contributed by atoms with Gasteiger partial charge in [0, 0.05) is 10.1 Å². The van der Waals surface area contributed by atoms with Crippen LogP contribution in [0.25, 0.3) is 0 Å². The minimum Gasteiger partial charge on any atom is -0.461 e. The van der Waals surface area contributed by atoms with E-state index in [-0.39, 0.29) is 18.8 Å². The predicted molar refractivity (Wildman–Crippen MR) is 67.5 cm³/mol. The molecule has 106 valence electrons. The van der Waals surface area contributed by atoms with Gasteiger partial charge in [-0.3, -0.25) is 0 Å². The Bertz CT molecular complexity index is 480. The summed E-state index contributed by atoms with van der Waals surface area (Å²) in [4.78, 5) is 15.3. The van der Waals surface area contributed by atoms with E-state index < -0.39 is 23.8 Å². The Morgan fingerprint density at radius 1 is 1.53 bits per heavy atom. The predicted octanol–water partition coefficient (Wildman–Crippen LogP) is 2.22. The lowest BCUT2D eigenvalue weighted by Crippen LogP contribution is -2.21. The summed E-state index contributed by atoms with van der Waals surface area (Å²) < 4.78 is 45.5. The molecule has 0 spiro atoms. The number of hydrogen-bond donors (Lipinski definition) is 1. The molecular formula is C10H10F3IN2O3. The molecule has 5 nitrogen and oxygen atoms in total. The standard InChI is InChI=1S/C10H10F3IN2O3/c1-2-18-9(17)8-7(19-10(11,12)13)3-5(14)6(4-15)16-8/h3H,2,4,15H2,1H3. The summed E-state index contributed by atoms with van der Waals surface area (Å²) in [5, 5.41) is 0. The second kappa shape index (κ2) is 6.37. The lowest BCUT2D eigenvalue weighted by atomic mass is 10.2. The van der Waals surface area contributed by atoms with Gasteiger partial charge in [0.05, 0.1) is 12.3 Å². The van der Waals surface area contributed by atoms with Gasteiger partial charge in [0.25, 0.3) is 0 Å². The van der Waals surface area contributed by atoms with Crippen molar-refractivity contribution in [3.05, 3.63) is 21.0 Å². The molecule has 1 rings (SSSR count). The van der Waals surface area contributed by atoms with Crippen LogP contribution in [-0.4, -0.2) is 23.9 Å². The topological polar surface area (TPSA) is 74.4 Å². The lowest BCUT2D eigenvalue weighted by molar-refractivity contribution is -0.274. The summed E-state index contributed by atoms with van der Waals surface area (Å²) in [5.41, 5.74) is 5.14. The minimum atomic E-state index is -4.92. The molecule has 19 heavy (non-hydrogen) atoms. The van der Waals surface area contributed by atoms with Crippen LogP contribution >= 0.6 is 22.6 Å². The van der Waals surface area contributed by atoms with E-state index in [9.17, 15) is 18.0 Å². The van der Waals surface area contributed by atoms with E-state index in [2.05, 4.69) is 14.5 Å². The van der Waals surface area contributed by atoms with Gasteiger partial charge in [0.1, 0.15) is 0 Å².